The first kappa shape index (κ1) is 25.2. The molecule has 37 heavy (non-hydrogen) atoms. The Kier molecular flexibility index (Phi) is 8.00. The Bertz CT molecular complexity index is 1320. The molecule has 8 nitrogen and oxygen atoms in total. The number of nitrogens with one attached hydrogen (secondary N) is 1. The van der Waals surface area contributed by atoms with E-state index in [2.05, 4.69) is 5.32 Å². The summed E-state index contributed by atoms with van der Waals surface area (Å²) in [6.07, 6.45) is 0.439. The summed E-state index contributed by atoms with van der Waals surface area (Å²) in [5.74, 6) is -1.74. The lowest BCUT2D eigenvalue weighted by molar-refractivity contribution is -0.152. The predicted molar refractivity (Wildman–Crippen MR) is 137 cm³/mol. The molecule has 0 radical (unpaired) electrons. The van der Waals surface area contributed by atoms with E-state index in [1.54, 1.807) is 54.6 Å². The SMILES string of the molecule is COc1ccc(OC(=O)C(C(=O)Oc2ccc(OC)cc2)[C@H](NC=O)c2ccc3ccccc3c2)cc1. The van der Waals surface area contributed by atoms with Gasteiger partial charge in [-0.1, -0.05) is 36.4 Å². The molecule has 0 saturated carbocycles. The summed E-state index contributed by atoms with van der Waals surface area (Å²) < 4.78 is 21.3. The van der Waals surface area contributed by atoms with Crippen molar-refractivity contribution in [2.45, 2.75) is 6.04 Å². The van der Waals surface area contributed by atoms with Gasteiger partial charge in [-0.05, 0) is 70.9 Å². The fourth-order valence-corrected chi connectivity index (χ4v) is 3.87. The molecule has 0 bridgehead atoms. The van der Waals surface area contributed by atoms with Crippen LogP contribution >= 0.6 is 0 Å². The van der Waals surface area contributed by atoms with Gasteiger partial charge in [-0.3, -0.25) is 14.4 Å². The van der Waals surface area contributed by atoms with Crippen molar-refractivity contribution in [1.82, 2.24) is 5.32 Å². The van der Waals surface area contributed by atoms with E-state index in [-0.39, 0.29) is 11.5 Å². The third kappa shape index (κ3) is 6.05. The summed E-state index contributed by atoms with van der Waals surface area (Å²) in [5, 5.41) is 4.46. The number of methoxy groups -OCH3 is 2. The molecule has 1 atom stereocenters. The maximum absolute atomic E-state index is 13.4. The molecular formula is C29H25NO7. The summed E-state index contributed by atoms with van der Waals surface area (Å²) in [6.45, 7) is 0. The van der Waals surface area contributed by atoms with E-state index < -0.39 is 23.9 Å². The topological polar surface area (TPSA) is 100 Å². The van der Waals surface area contributed by atoms with Gasteiger partial charge in [0.15, 0.2) is 5.92 Å². The molecule has 1 N–H and O–H groups in total. The number of benzene rings is 4. The van der Waals surface area contributed by atoms with Gasteiger partial charge in [0.25, 0.3) is 0 Å². The van der Waals surface area contributed by atoms with Crippen molar-refractivity contribution in [2.75, 3.05) is 14.2 Å². The van der Waals surface area contributed by atoms with E-state index >= 15 is 0 Å². The van der Waals surface area contributed by atoms with Gasteiger partial charge in [0.05, 0.1) is 20.3 Å². The average Bonchev–Trinajstić information content (AvgIpc) is 2.93. The lowest BCUT2D eigenvalue weighted by atomic mass is 9.91. The van der Waals surface area contributed by atoms with Crippen LogP contribution in [0.3, 0.4) is 0 Å². The first-order valence-corrected chi connectivity index (χ1v) is 11.4. The zero-order chi connectivity index (χ0) is 26.2. The van der Waals surface area contributed by atoms with Crippen LogP contribution in [-0.4, -0.2) is 32.6 Å². The highest BCUT2D eigenvalue weighted by Crippen LogP contribution is 2.30. The summed E-state index contributed by atoms with van der Waals surface area (Å²) in [4.78, 5) is 38.5. The normalized spacial score (nSPS) is 11.4. The van der Waals surface area contributed by atoms with Gasteiger partial charge in [0.1, 0.15) is 23.0 Å². The minimum atomic E-state index is -1.52. The van der Waals surface area contributed by atoms with Crippen LogP contribution in [0.2, 0.25) is 0 Å². The van der Waals surface area contributed by atoms with Crippen LogP contribution < -0.4 is 24.3 Å². The standard InChI is InChI=1S/C29H25NO7/c1-34-22-9-13-24(14-10-22)36-28(32)26(29(33)37-25-15-11-23(35-2)12-16-25)27(30-18-31)21-8-7-19-5-3-4-6-20(19)17-21/h3-18,26-27H,1-2H3,(H,30,31)/t27-/m1/s1. The Labute approximate surface area is 213 Å². The molecule has 0 aliphatic rings. The van der Waals surface area contributed by atoms with E-state index in [1.165, 1.54) is 14.2 Å². The monoisotopic (exact) mass is 499 g/mol. The van der Waals surface area contributed by atoms with E-state index in [1.807, 2.05) is 36.4 Å². The molecule has 0 saturated heterocycles. The Balaban J connectivity index is 1.69. The van der Waals surface area contributed by atoms with E-state index in [9.17, 15) is 14.4 Å². The number of carbonyl (C=O) groups excluding carboxylic acids is 3. The highest BCUT2D eigenvalue weighted by molar-refractivity contribution is 5.98. The zero-order valence-corrected chi connectivity index (χ0v) is 20.3. The van der Waals surface area contributed by atoms with Gasteiger partial charge in [-0.15, -0.1) is 0 Å². The highest BCUT2D eigenvalue weighted by atomic mass is 16.6. The molecule has 0 unspecified atom stereocenters. The molecule has 4 aromatic carbocycles. The van der Waals surface area contributed by atoms with Crippen LogP contribution in [0.25, 0.3) is 10.8 Å². The predicted octanol–water partition coefficient (Wildman–Crippen LogP) is 4.47. The molecule has 0 fully saturated rings. The molecule has 0 heterocycles. The number of amides is 1. The number of fused-ring (bicyclic) bond motifs is 1. The number of hydrogen-bond acceptors (Lipinski definition) is 7. The Morgan fingerprint density at radius 1 is 0.676 bits per heavy atom. The molecule has 0 aromatic heterocycles. The molecule has 0 spiro atoms. The second kappa shape index (κ2) is 11.7. The van der Waals surface area contributed by atoms with Crippen LogP contribution in [0, 0.1) is 5.92 Å². The molecule has 4 aromatic rings. The minimum Gasteiger partial charge on any atom is -0.497 e. The molecule has 8 heteroatoms. The van der Waals surface area contributed by atoms with Crippen LogP contribution in [0.5, 0.6) is 23.0 Å². The van der Waals surface area contributed by atoms with Crippen molar-refractivity contribution in [2.24, 2.45) is 5.92 Å². The Morgan fingerprint density at radius 2 is 1.16 bits per heavy atom. The zero-order valence-electron chi connectivity index (χ0n) is 20.3. The van der Waals surface area contributed by atoms with E-state index in [0.29, 0.717) is 23.5 Å². The largest absolute Gasteiger partial charge is 0.497 e. The van der Waals surface area contributed by atoms with Crippen LogP contribution in [0.1, 0.15) is 11.6 Å². The molecule has 1 amide bonds. The number of hydrogen-bond donors (Lipinski definition) is 1. The van der Waals surface area contributed by atoms with Crippen molar-refractivity contribution in [3.8, 4) is 23.0 Å². The minimum absolute atomic E-state index is 0.205. The van der Waals surface area contributed by atoms with Crippen LogP contribution in [-0.2, 0) is 14.4 Å². The van der Waals surface area contributed by atoms with Gasteiger partial charge >= 0.3 is 11.9 Å². The second-order valence-electron chi connectivity index (χ2n) is 8.04. The van der Waals surface area contributed by atoms with Crippen LogP contribution in [0.4, 0.5) is 0 Å². The Morgan fingerprint density at radius 3 is 1.65 bits per heavy atom. The molecule has 188 valence electrons. The molecule has 0 aliphatic heterocycles. The van der Waals surface area contributed by atoms with Gasteiger partial charge in [-0.2, -0.15) is 0 Å². The van der Waals surface area contributed by atoms with E-state index in [0.717, 1.165) is 10.8 Å². The summed E-state index contributed by atoms with van der Waals surface area (Å²) >= 11 is 0. The van der Waals surface area contributed by atoms with Crippen molar-refractivity contribution in [1.29, 1.82) is 0 Å². The summed E-state index contributed by atoms with van der Waals surface area (Å²) in [6, 6.07) is 24.6. The van der Waals surface area contributed by atoms with Crippen molar-refractivity contribution < 1.29 is 33.3 Å². The molecule has 4 rings (SSSR count). The average molecular weight is 500 g/mol. The van der Waals surface area contributed by atoms with Gasteiger partial charge in [0, 0.05) is 0 Å². The number of carbonyl (C=O) groups is 3. The fourth-order valence-electron chi connectivity index (χ4n) is 3.87. The Hall–Kier alpha value is -4.85. The molecular weight excluding hydrogens is 474 g/mol. The quantitative estimate of drug-likeness (QED) is 0.149. The van der Waals surface area contributed by atoms with Gasteiger partial charge in [0.2, 0.25) is 6.41 Å². The number of rotatable bonds is 10. The van der Waals surface area contributed by atoms with Crippen molar-refractivity contribution in [3.63, 3.8) is 0 Å². The number of ether oxygens (including phenoxy) is 4. The van der Waals surface area contributed by atoms with Gasteiger partial charge < -0.3 is 24.3 Å². The maximum atomic E-state index is 13.4. The fraction of sp³-hybridized carbons (Fsp3) is 0.138. The smallest absolute Gasteiger partial charge is 0.328 e. The highest BCUT2D eigenvalue weighted by Gasteiger charge is 2.39. The first-order valence-electron chi connectivity index (χ1n) is 11.4. The number of esters is 2. The van der Waals surface area contributed by atoms with Crippen molar-refractivity contribution >= 4 is 29.1 Å². The lowest BCUT2D eigenvalue weighted by Gasteiger charge is -2.24. The third-order valence-corrected chi connectivity index (χ3v) is 5.78. The third-order valence-electron chi connectivity index (χ3n) is 5.78. The first-order chi connectivity index (χ1) is 18.0. The summed E-state index contributed by atoms with van der Waals surface area (Å²) in [5.41, 5.74) is 0.536. The second-order valence-corrected chi connectivity index (χ2v) is 8.04. The van der Waals surface area contributed by atoms with Gasteiger partial charge in [-0.25, -0.2) is 0 Å². The van der Waals surface area contributed by atoms with Crippen molar-refractivity contribution in [3.05, 3.63) is 96.6 Å². The van der Waals surface area contributed by atoms with Crippen LogP contribution in [0.15, 0.2) is 91.0 Å². The summed E-state index contributed by atoms with van der Waals surface area (Å²) in [7, 11) is 3.04. The lowest BCUT2D eigenvalue weighted by Crippen LogP contribution is -2.41. The van der Waals surface area contributed by atoms with E-state index in [4.69, 9.17) is 18.9 Å². The maximum Gasteiger partial charge on any atom is 0.328 e. The molecule has 0 aliphatic carbocycles.